The number of hydrogen-bond donors (Lipinski definition) is 0. The number of carbonyl (C=O) groups is 1. The van der Waals surface area contributed by atoms with E-state index in [2.05, 4.69) is 4.98 Å². The summed E-state index contributed by atoms with van der Waals surface area (Å²) in [6.45, 7) is 3.64. The van der Waals surface area contributed by atoms with Gasteiger partial charge in [-0.25, -0.2) is 8.42 Å². The summed E-state index contributed by atoms with van der Waals surface area (Å²) < 4.78 is 32.2. The van der Waals surface area contributed by atoms with Crippen LogP contribution in [-0.2, 0) is 26.0 Å². The van der Waals surface area contributed by atoms with Gasteiger partial charge in [0.2, 0.25) is 15.9 Å². The second-order valence-corrected chi connectivity index (χ2v) is 10.1. The van der Waals surface area contributed by atoms with E-state index < -0.39 is 10.0 Å². The van der Waals surface area contributed by atoms with Crippen molar-refractivity contribution in [2.75, 3.05) is 26.3 Å². The number of rotatable bonds is 8. The van der Waals surface area contributed by atoms with Crippen LogP contribution in [0.1, 0.15) is 43.5 Å². The number of pyridine rings is 1. The Morgan fingerprint density at radius 2 is 1.87 bits per heavy atom. The number of hydrogen-bond acceptors (Lipinski definition) is 5. The SMILES string of the molecule is CC(c1ccccn1)N(C(=O)CCc1ccc(S(=O)(=O)N2CCOCC2)cc1)C1CC1. The van der Waals surface area contributed by atoms with E-state index in [1.807, 2.05) is 42.2 Å². The molecule has 31 heavy (non-hydrogen) atoms. The van der Waals surface area contributed by atoms with E-state index >= 15 is 0 Å². The van der Waals surface area contributed by atoms with Crippen molar-refractivity contribution in [2.24, 2.45) is 0 Å². The molecule has 2 fully saturated rings. The highest BCUT2D eigenvalue weighted by Crippen LogP contribution is 2.34. The molecule has 0 bridgehead atoms. The summed E-state index contributed by atoms with van der Waals surface area (Å²) in [6.07, 6.45) is 4.81. The molecule has 0 radical (unpaired) electrons. The molecule has 2 aromatic rings. The highest BCUT2D eigenvalue weighted by molar-refractivity contribution is 7.89. The molecule has 166 valence electrons. The molecule has 1 saturated heterocycles. The topological polar surface area (TPSA) is 79.8 Å². The van der Waals surface area contributed by atoms with Crippen molar-refractivity contribution >= 4 is 15.9 Å². The molecule has 1 saturated carbocycles. The van der Waals surface area contributed by atoms with Crippen LogP contribution in [-0.4, -0.2) is 60.9 Å². The largest absolute Gasteiger partial charge is 0.379 e. The van der Waals surface area contributed by atoms with Crippen LogP contribution in [0.5, 0.6) is 0 Å². The normalized spacial score (nSPS) is 18.5. The van der Waals surface area contributed by atoms with E-state index in [1.165, 1.54) is 4.31 Å². The Morgan fingerprint density at radius 3 is 2.48 bits per heavy atom. The van der Waals surface area contributed by atoms with Crippen molar-refractivity contribution in [1.29, 1.82) is 0 Å². The third kappa shape index (κ3) is 5.14. The molecule has 1 atom stereocenters. The first-order valence-corrected chi connectivity index (χ1v) is 12.3. The van der Waals surface area contributed by atoms with Crippen molar-refractivity contribution in [3.63, 3.8) is 0 Å². The van der Waals surface area contributed by atoms with Gasteiger partial charge in [0.1, 0.15) is 0 Å². The molecule has 1 aliphatic heterocycles. The van der Waals surface area contributed by atoms with Crippen molar-refractivity contribution < 1.29 is 17.9 Å². The monoisotopic (exact) mass is 443 g/mol. The third-order valence-corrected chi connectivity index (χ3v) is 7.83. The van der Waals surface area contributed by atoms with Crippen LogP contribution >= 0.6 is 0 Å². The van der Waals surface area contributed by atoms with Crippen LogP contribution in [0.4, 0.5) is 0 Å². The van der Waals surface area contributed by atoms with E-state index in [0.29, 0.717) is 45.2 Å². The van der Waals surface area contributed by atoms with Gasteiger partial charge in [-0.05, 0) is 56.0 Å². The zero-order valence-electron chi connectivity index (χ0n) is 17.8. The Labute approximate surface area is 184 Å². The second-order valence-electron chi connectivity index (χ2n) is 8.12. The standard InChI is InChI=1S/C23H29N3O4S/c1-18(22-4-2-3-13-24-22)26(20-8-9-20)23(27)12-7-19-5-10-21(11-6-19)31(28,29)25-14-16-30-17-15-25/h2-6,10-11,13,18,20H,7-9,12,14-17H2,1H3. The lowest BCUT2D eigenvalue weighted by Crippen LogP contribution is -2.40. The Hall–Kier alpha value is -2.29. The minimum absolute atomic E-state index is 0.0535. The van der Waals surface area contributed by atoms with Gasteiger partial charge >= 0.3 is 0 Å². The van der Waals surface area contributed by atoms with Gasteiger partial charge in [0.15, 0.2) is 0 Å². The molecule has 0 N–H and O–H groups in total. The summed E-state index contributed by atoms with van der Waals surface area (Å²) >= 11 is 0. The van der Waals surface area contributed by atoms with Gasteiger partial charge in [0, 0.05) is 31.7 Å². The highest BCUT2D eigenvalue weighted by Gasteiger charge is 2.36. The maximum absolute atomic E-state index is 13.0. The number of carbonyl (C=O) groups excluding carboxylic acids is 1. The molecule has 1 amide bonds. The van der Waals surface area contributed by atoms with E-state index in [9.17, 15) is 13.2 Å². The number of sulfonamides is 1. The quantitative estimate of drug-likeness (QED) is 0.627. The predicted octanol–water partition coefficient (Wildman–Crippen LogP) is 2.79. The molecule has 2 heterocycles. The summed E-state index contributed by atoms with van der Waals surface area (Å²) in [7, 11) is -3.50. The Bertz CT molecular complexity index is 985. The van der Waals surface area contributed by atoms with Gasteiger partial charge in [0.25, 0.3) is 0 Å². The lowest BCUT2D eigenvalue weighted by atomic mass is 10.1. The van der Waals surface area contributed by atoms with Crippen LogP contribution in [0, 0.1) is 0 Å². The lowest BCUT2D eigenvalue weighted by molar-refractivity contribution is -0.134. The number of amides is 1. The highest BCUT2D eigenvalue weighted by atomic mass is 32.2. The molecular formula is C23H29N3O4S. The van der Waals surface area contributed by atoms with Crippen molar-refractivity contribution in [3.05, 3.63) is 59.9 Å². The van der Waals surface area contributed by atoms with Crippen LogP contribution in [0.3, 0.4) is 0 Å². The minimum Gasteiger partial charge on any atom is -0.379 e. The zero-order chi connectivity index (χ0) is 21.8. The number of aryl methyl sites for hydroxylation is 1. The summed E-state index contributed by atoms with van der Waals surface area (Å²) in [5.41, 5.74) is 1.86. The van der Waals surface area contributed by atoms with E-state index in [0.717, 1.165) is 24.1 Å². The number of benzene rings is 1. The summed E-state index contributed by atoms with van der Waals surface area (Å²) in [5, 5.41) is 0. The summed E-state index contributed by atoms with van der Waals surface area (Å²) in [5.74, 6) is 0.116. The summed E-state index contributed by atoms with van der Waals surface area (Å²) in [6, 6.07) is 12.9. The molecule has 2 aliphatic rings. The van der Waals surface area contributed by atoms with Crippen molar-refractivity contribution in [2.45, 2.75) is 49.6 Å². The zero-order valence-corrected chi connectivity index (χ0v) is 18.6. The molecular weight excluding hydrogens is 414 g/mol. The van der Waals surface area contributed by atoms with Crippen molar-refractivity contribution in [1.82, 2.24) is 14.2 Å². The van der Waals surface area contributed by atoms with E-state index in [1.54, 1.807) is 18.3 Å². The smallest absolute Gasteiger partial charge is 0.243 e. The number of ether oxygens (including phenoxy) is 1. The Morgan fingerprint density at radius 1 is 1.16 bits per heavy atom. The molecule has 1 aliphatic carbocycles. The molecule has 7 nitrogen and oxygen atoms in total. The van der Waals surface area contributed by atoms with Gasteiger partial charge in [-0.3, -0.25) is 9.78 Å². The van der Waals surface area contributed by atoms with Gasteiger partial charge in [-0.1, -0.05) is 18.2 Å². The third-order valence-electron chi connectivity index (χ3n) is 5.92. The maximum Gasteiger partial charge on any atom is 0.243 e. The fourth-order valence-electron chi connectivity index (χ4n) is 4.00. The fraction of sp³-hybridized carbons (Fsp3) is 0.478. The van der Waals surface area contributed by atoms with Crippen LogP contribution < -0.4 is 0 Å². The molecule has 0 spiro atoms. The Kier molecular flexibility index (Phi) is 6.69. The molecule has 1 unspecified atom stereocenters. The number of morpholine rings is 1. The van der Waals surface area contributed by atoms with Gasteiger partial charge in [-0.15, -0.1) is 0 Å². The second kappa shape index (κ2) is 9.46. The molecule has 1 aromatic carbocycles. The average molecular weight is 444 g/mol. The van der Waals surface area contributed by atoms with Gasteiger partial charge < -0.3 is 9.64 Å². The Balaban J connectivity index is 1.38. The first kappa shape index (κ1) is 21.9. The van der Waals surface area contributed by atoms with Crippen molar-refractivity contribution in [3.8, 4) is 0 Å². The average Bonchev–Trinajstić information content (AvgIpc) is 3.64. The van der Waals surface area contributed by atoms with Gasteiger partial charge in [0.05, 0.1) is 29.8 Å². The van der Waals surface area contributed by atoms with Crippen LogP contribution in [0.15, 0.2) is 53.6 Å². The predicted molar refractivity (Wildman–Crippen MR) is 117 cm³/mol. The maximum atomic E-state index is 13.0. The van der Waals surface area contributed by atoms with E-state index in [4.69, 9.17) is 4.74 Å². The number of nitrogens with zero attached hydrogens (tertiary/aromatic N) is 3. The lowest BCUT2D eigenvalue weighted by Gasteiger charge is -2.29. The van der Waals surface area contributed by atoms with Crippen LogP contribution in [0.2, 0.25) is 0 Å². The summed E-state index contributed by atoms with van der Waals surface area (Å²) in [4.78, 5) is 19.7. The van der Waals surface area contributed by atoms with Crippen LogP contribution in [0.25, 0.3) is 0 Å². The van der Waals surface area contributed by atoms with E-state index in [-0.39, 0.29) is 16.8 Å². The molecule has 8 heteroatoms. The first-order chi connectivity index (χ1) is 15.0. The van der Waals surface area contributed by atoms with Gasteiger partial charge in [-0.2, -0.15) is 4.31 Å². The minimum atomic E-state index is -3.50. The molecule has 1 aromatic heterocycles. The number of aromatic nitrogens is 1. The first-order valence-electron chi connectivity index (χ1n) is 10.9. The molecule has 4 rings (SSSR count). The fourth-order valence-corrected chi connectivity index (χ4v) is 5.41.